The standard InChI is InChI=1S/C23H25N3O3/c1-16-7-3-6-10-20(16)23-24-21(29-25-23)14-26(2)22(27)15-28-19-12-11-17-8-4-5-9-18(17)13-19/h3,6-7,10-13H,4-5,8-9,14-15H2,1-2H3. The molecule has 0 fully saturated rings. The van der Waals surface area contributed by atoms with Crippen molar-refractivity contribution in [2.75, 3.05) is 13.7 Å². The van der Waals surface area contributed by atoms with Crippen LogP contribution in [0.15, 0.2) is 47.0 Å². The van der Waals surface area contributed by atoms with Crippen LogP contribution in [-0.2, 0) is 24.2 Å². The Morgan fingerprint density at radius 2 is 1.93 bits per heavy atom. The van der Waals surface area contributed by atoms with E-state index >= 15 is 0 Å². The van der Waals surface area contributed by atoms with Crippen LogP contribution in [0.3, 0.4) is 0 Å². The molecule has 29 heavy (non-hydrogen) atoms. The maximum Gasteiger partial charge on any atom is 0.260 e. The van der Waals surface area contributed by atoms with Crippen LogP contribution in [0.4, 0.5) is 0 Å². The van der Waals surface area contributed by atoms with Gasteiger partial charge in [-0.2, -0.15) is 4.98 Å². The summed E-state index contributed by atoms with van der Waals surface area (Å²) in [5.74, 6) is 1.53. The van der Waals surface area contributed by atoms with Gasteiger partial charge in [0.15, 0.2) is 6.61 Å². The highest BCUT2D eigenvalue weighted by Gasteiger charge is 2.16. The normalized spacial score (nSPS) is 13.0. The fraction of sp³-hybridized carbons (Fsp3) is 0.348. The SMILES string of the molecule is Cc1ccccc1-c1noc(CN(C)C(=O)COc2ccc3c(c2)CCCC3)n1. The summed E-state index contributed by atoms with van der Waals surface area (Å²) in [5.41, 5.74) is 4.73. The molecule has 2 aromatic carbocycles. The second kappa shape index (κ2) is 8.47. The molecule has 3 aromatic rings. The van der Waals surface area contributed by atoms with Crippen LogP contribution in [0, 0.1) is 6.92 Å². The van der Waals surface area contributed by atoms with Gasteiger partial charge >= 0.3 is 0 Å². The number of amides is 1. The molecule has 0 spiro atoms. The lowest BCUT2D eigenvalue weighted by Gasteiger charge is -2.18. The first-order valence-corrected chi connectivity index (χ1v) is 9.97. The lowest BCUT2D eigenvalue weighted by Crippen LogP contribution is -2.31. The Morgan fingerprint density at radius 1 is 1.14 bits per heavy atom. The zero-order valence-corrected chi connectivity index (χ0v) is 16.9. The zero-order valence-electron chi connectivity index (χ0n) is 16.9. The Bertz CT molecular complexity index is 1010. The molecule has 1 heterocycles. The maximum absolute atomic E-state index is 12.5. The number of carbonyl (C=O) groups excluding carboxylic acids is 1. The Morgan fingerprint density at radius 3 is 2.76 bits per heavy atom. The summed E-state index contributed by atoms with van der Waals surface area (Å²) in [6, 6.07) is 14.0. The van der Waals surface area contributed by atoms with Gasteiger partial charge in [-0.1, -0.05) is 35.5 Å². The fourth-order valence-electron chi connectivity index (χ4n) is 3.60. The summed E-state index contributed by atoms with van der Waals surface area (Å²) in [4.78, 5) is 18.4. The van der Waals surface area contributed by atoms with Crippen LogP contribution < -0.4 is 4.74 Å². The van der Waals surface area contributed by atoms with Crippen molar-refractivity contribution in [2.45, 2.75) is 39.2 Å². The number of hydrogen-bond donors (Lipinski definition) is 0. The van der Waals surface area contributed by atoms with Gasteiger partial charge in [-0.15, -0.1) is 0 Å². The van der Waals surface area contributed by atoms with Gasteiger partial charge in [0.25, 0.3) is 5.91 Å². The predicted molar refractivity (Wildman–Crippen MR) is 110 cm³/mol. The molecule has 1 aromatic heterocycles. The number of likely N-dealkylation sites (N-methyl/N-ethyl adjacent to an activating group) is 1. The van der Waals surface area contributed by atoms with E-state index in [-0.39, 0.29) is 19.1 Å². The van der Waals surface area contributed by atoms with Gasteiger partial charge in [-0.3, -0.25) is 4.79 Å². The predicted octanol–water partition coefficient (Wildman–Crippen LogP) is 3.96. The van der Waals surface area contributed by atoms with Gasteiger partial charge in [0.05, 0.1) is 6.54 Å². The summed E-state index contributed by atoms with van der Waals surface area (Å²) in [6.45, 7) is 2.22. The number of rotatable bonds is 6. The number of aromatic nitrogens is 2. The number of carbonyl (C=O) groups is 1. The zero-order chi connectivity index (χ0) is 20.2. The molecule has 0 N–H and O–H groups in total. The monoisotopic (exact) mass is 391 g/mol. The third-order valence-electron chi connectivity index (χ3n) is 5.33. The molecular weight excluding hydrogens is 366 g/mol. The van der Waals surface area contributed by atoms with E-state index in [2.05, 4.69) is 22.3 Å². The molecule has 6 nitrogen and oxygen atoms in total. The molecule has 0 radical (unpaired) electrons. The number of ether oxygens (including phenoxy) is 1. The summed E-state index contributed by atoms with van der Waals surface area (Å²) < 4.78 is 11.0. The molecule has 0 unspecified atom stereocenters. The Labute approximate surface area is 170 Å². The molecular formula is C23H25N3O3. The minimum Gasteiger partial charge on any atom is -0.484 e. The topological polar surface area (TPSA) is 68.5 Å². The number of benzene rings is 2. The first-order chi connectivity index (χ1) is 14.1. The van der Waals surface area contributed by atoms with Gasteiger partial charge in [-0.05, 0) is 61.4 Å². The summed E-state index contributed by atoms with van der Waals surface area (Å²) in [7, 11) is 1.70. The first kappa shape index (κ1) is 19.2. The van der Waals surface area contributed by atoms with Crippen molar-refractivity contribution < 1.29 is 14.1 Å². The average Bonchev–Trinajstić information content (AvgIpc) is 3.20. The van der Waals surface area contributed by atoms with E-state index in [0.717, 1.165) is 29.7 Å². The van der Waals surface area contributed by atoms with E-state index in [1.54, 1.807) is 7.05 Å². The number of nitrogens with zero attached hydrogens (tertiary/aromatic N) is 3. The highest BCUT2D eigenvalue weighted by Crippen LogP contribution is 2.25. The van der Waals surface area contributed by atoms with Crippen LogP contribution in [0.25, 0.3) is 11.4 Å². The molecule has 4 rings (SSSR count). The molecule has 6 heteroatoms. The van der Waals surface area contributed by atoms with Crippen molar-refractivity contribution in [3.63, 3.8) is 0 Å². The first-order valence-electron chi connectivity index (χ1n) is 9.97. The highest BCUT2D eigenvalue weighted by molar-refractivity contribution is 5.77. The van der Waals surface area contributed by atoms with Crippen molar-refractivity contribution in [1.29, 1.82) is 0 Å². The van der Waals surface area contributed by atoms with E-state index in [1.165, 1.54) is 28.9 Å². The van der Waals surface area contributed by atoms with Gasteiger partial charge in [-0.25, -0.2) is 0 Å². The minimum absolute atomic E-state index is 0.0198. The third kappa shape index (κ3) is 4.47. The smallest absolute Gasteiger partial charge is 0.260 e. The van der Waals surface area contributed by atoms with Crippen molar-refractivity contribution in [2.24, 2.45) is 0 Å². The fourth-order valence-corrected chi connectivity index (χ4v) is 3.60. The third-order valence-corrected chi connectivity index (χ3v) is 5.33. The van der Waals surface area contributed by atoms with Crippen molar-refractivity contribution in [3.8, 4) is 17.1 Å². The van der Waals surface area contributed by atoms with Gasteiger partial charge in [0.2, 0.25) is 11.7 Å². The maximum atomic E-state index is 12.5. The van der Waals surface area contributed by atoms with Crippen LogP contribution in [-0.4, -0.2) is 34.6 Å². The summed E-state index contributed by atoms with van der Waals surface area (Å²) in [6.07, 6.45) is 4.68. The van der Waals surface area contributed by atoms with E-state index in [9.17, 15) is 4.79 Å². The lowest BCUT2D eigenvalue weighted by atomic mass is 9.92. The Hall–Kier alpha value is -3.15. The number of fused-ring (bicyclic) bond motifs is 1. The average molecular weight is 391 g/mol. The lowest BCUT2D eigenvalue weighted by molar-refractivity contribution is -0.132. The van der Waals surface area contributed by atoms with Gasteiger partial charge in [0.1, 0.15) is 5.75 Å². The highest BCUT2D eigenvalue weighted by atomic mass is 16.5. The minimum atomic E-state index is -0.140. The van der Waals surface area contributed by atoms with Crippen molar-refractivity contribution >= 4 is 5.91 Å². The quantitative estimate of drug-likeness (QED) is 0.636. The van der Waals surface area contributed by atoms with E-state index in [1.807, 2.05) is 37.3 Å². The molecule has 1 aliphatic carbocycles. The second-order valence-electron chi connectivity index (χ2n) is 7.50. The molecule has 0 aliphatic heterocycles. The van der Waals surface area contributed by atoms with Gasteiger partial charge < -0.3 is 14.2 Å². The number of hydrogen-bond acceptors (Lipinski definition) is 5. The largest absolute Gasteiger partial charge is 0.484 e. The molecule has 0 saturated carbocycles. The Kier molecular flexibility index (Phi) is 5.60. The molecule has 1 amide bonds. The van der Waals surface area contributed by atoms with Crippen LogP contribution in [0.2, 0.25) is 0 Å². The van der Waals surface area contributed by atoms with E-state index in [0.29, 0.717) is 11.7 Å². The second-order valence-corrected chi connectivity index (χ2v) is 7.50. The summed E-state index contributed by atoms with van der Waals surface area (Å²) >= 11 is 0. The van der Waals surface area contributed by atoms with E-state index in [4.69, 9.17) is 9.26 Å². The molecule has 1 aliphatic rings. The number of aryl methyl sites for hydroxylation is 3. The Balaban J connectivity index is 1.34. The molecule has 0 saturated heterocycles. The van der Waals surface area contributed by atoms with Crippen molar-refractivity contribution in [1.82, 2.24) is 15.0 Å². The van der Waals surface area contributed by atoms with Crippen LogP contribution >= 0.6 is 0 Å². The molecule has 150 valence electrons. The van der Waals surface area contributed by atoms with Crippen LogP contribution in [0.1, 0.15) is 35.4 Å². The summed E-state index contributed by atoms with van der Waals surface area (Å²) in [5, 5.41) is 4.04. The molecule has 0 bridgehead atoms. The van der Waals surface area contributed by atoms with E-state index < -0.39 is 0 Å². The van der Waals surface area contributed by atoms with Gasteiger partial charge in [0, 0.05) is 12.6 Å². The van der Waals surface area contributed by atoms with Crippen molar-refractivity contribution in [3.05, 3.63) is 65.0 Å². The van der Waals surface area contributed by atoms with Crippen LogP contribution in [0.5, 0.6) is 5.75 Å². The molecule has 0 atom stereocenters.